The predicted molar refractivity (Wildman–Crippen MR) is 118 cm³/mol. The van der Waals surface area contributed by atoms with Gasteiger partial charge in [-0.3, -0.25) is 10.1 Å². The van der Waals surface area contributed by atoms with E-state index in [-0.39, 0.29) is 12.0 Å². The first-order valence-corrected chi connectivity index (χ1v) is 10.8. The Kier molecular flexibility index (Phi) is 6.13. The third-order valence-corrected chi connectivity index (χ3v) is 6.15. The Morgan fingerprint density at radius 1 is 1.21 bits per heavy atom. The van der Waals surface area contributed by atoms with Crippen molar-refractivity contribution in [1.82, 2.24) is 4.98 Å². The Morgan fingerprint density at radius 2 is 1.97 bits per heavy atom. The number of aromatic nitrogens is 1. The molecule has 7 heteroatoms. The number of carbonyl (C=O) groups is 1. The Hall–Kier alpha value is -2.41. The lowest BCUT2D eigenvalue weighted by molar-refractivity contribution is 0.102. The second-order valence-corrected chi connectivity index (χ2v) is 8.71. The molecule has 3 aromatic rings. The van der Waals surface area contributed by atoms with Gasteiger partial charge in [0.1, 0.15) is 0 Å². The van der Waals surface area contributed by atoms with Gasteiger partial charge in [-0.2, -0.15) is 0 Å². The number of hydrogen-bond acceptors (Lipinski definition) is 5. The van der Waals surface area contributed by atoms with Gasteiger partial charge in [0.15, 0.2) is 5.13 Å². The first-order chi connectivity index (χ1) is 14.1. The van der Waals surface area contributed by atoms with Crippen molar-refractivity contribution in [2.45, 2.75) is 25.4 Å². The van der Waals surface area contributed by atoms with Crippen molar-refractivity contribution in [2.75, 3.05) is 23.3 Å². The molecule has 0 aliphatic carbocycles. The summed E-state index contributed by atoms with van der Waals surface area (Å²) in [5, 5.41) is 13.8. The highest BCUT2D eigenvalue weighted by Gasteiger charge is 2.17. The molecule has 0 bridgehead atoms. The predicted octanol–water partition coefficient (Wildman–Crippen LogP) is 4.60. The highest BCUT2D eigenvalue weighted by atomic mass is 35.5. The molecule has 1 amide bonds. The van der Waals surface area contributed by atoms with Gasteiger partial charge < -0.3 is 10.0 Å². The summed E-state index contributed by atoms with van der Waals surface area (Å²) in [4.78, 5) is 20.2. The Morgan fingerprint density at radius 3 is 2.69 bits per heavy atom. The minimum Gasteiger partial charge on any atom is -0.393 e. The number of rotatable bonds is 5. The molecule has 0 atom stereocenters. The molecule has 1 aromatic heterocycles. The van der Waals surface area contributed by atoms with Crippen LogP contribution in [0.15, 0.2) is 54.7 Å². The molecule has 1 fully saturated rings. The molecule has 0 spiro atoms. The number of carbonyl (C=O) groups excluding carboxylic acids is 1. The average Bonchev–Trinajstić information content (AvgIpc) is 3.15. The molecular formula is C22H22ClN3O2S. The molecule has 4 rings (SSSR count). The van der Waals surface area contributed by atoms with E-state index in [1.165, 1.54) is 11.3 Å². The van der Waals surface area contributed by atoms with Crippen LogP contribution < -0.4 is 10.2 Å². The highest BCUT2D eigenvalue weighted by molar-refractivity contribution is 7.15. The lowest BCUT2D eigenvalue weighted by Crippen LogP contribution is -2.35. The van der Waals surface area contributed by atoms with E-state index in [4.69, 9.17) is 11.6 Å². The van der Waals surface area contributed by atoms with Crippen LogP contribution in [0.3, 0.4) is 0 Å². The van der Waals surface area contributed by atoms with Crippen molar-refractivity contribution in [3.63, 3.8) is 0 Å². The molecule has 0 radical (unpaired) electrons. The van der Waals surface area contributed by atoms with Crippen LogP contribution in [-0.4, -0.2) is 35.2 Å². The lowest BCUT2D eigenvalue weighted by Gasteiger charge is -2.31. The van der Waals surface area contributed by atoms with Crippen LogP contribution in [-0.2, 0) is 6.42 Å². The molecule has 5 nitrogen and oxygen atoms in total. The average molecular weight is 428 g/mol. The van der Waals surface area contributed by atoms with E-state index in [2.05, 4.69) is 15.2 Å². The second kappa shape index (κ2) is 8.95. The van der Waals surface area contributed by atoms with E-state index in [1.54, 1.807) is 6.20 Å². The van der Waals surface area contributed by atoms with Crippen molar-refractivity contribution in [3.8, 4) is 0 Å². The van der Waals surface area contributed by atoms with Gasteiger partial charge in [0, 0.05) is 46.9 Å². The zero-order valence-corrected chi connectivity index (χ0v) is 17.4. The molecule has 1 aliphatic rings. The number of piperidine rings is 1. The molecule has 2 N–H and O–H groups in total. The van der Waals surface area contributed by atoms with Crippen LogP contribution in [0.5, 0.6) is 0 Å². The zero-order valence-electron chi connectivity index (χ0n) is 15.8. The normalized spacial score (nSPS) is 14.8. The van der Waals surface area contributed by atoms with Crippen LogP contribution in [0, 0.1) is 0 Å². The maximum absolute atomic E-state index is 12.5. The van der Waals surface area contributed by atoms with E-state index in [0.29, 0.717) is 15.7 Å². The monoisotopic (exact) mass is 427 g/mol. The summed E-state index contributed by atoms with van der Waals surface area (Å²) in [7, 11) is 0. The van der Waals surface area contributed by atoms with Crippen LogP contribution >= 0.6 is 22.9 Å². The number of aliphatic hydroxyl groups excluding tert-OH is 1. The molecule has 0 unspecified atom stereocenters. The van der Waals surface area contributed by atoms with Crippen molar-refractivity contribution in [2.24, 2.45) is 0 Å². The van der Waals surface area contributed by atoms with Gasteiger partial charge in [0.05, 0.1) is 6.10 Å². The Labute approximate surface area is 179 Å². The molecule has 2 aromatic carbocycles. The second-order valence-electron chi connectivity index (χ2n) is 7.16. The first-order valence-electron chi connectivity index (χ1n) is 9.60. The molecule has 1 saturated heterocycles. The minimum absolute atomic E-state index is 0.172. The quantitative estimate of drug-likeness (QED) is 0.624. The van der Waals surface area contributed by atoms with E-state index in [0.717, 1.165) is 48.5 Å². The molecular weight excluding hydrogens is 406 g/mol. The van der Waals surface area contributed by atoms with Crippen LogP contribution in [0.1, 0.15) is 33.6 Å². The van der Waals surface area contributed by atoms with E-state index in [1.807, 2.05) is 48.5 Å². The molecule has 150 valence electrons. The van der Waals surface area contributed by atoms with Gasteiger partial charge in [0.25, 0.3) is 5.91 Å². The van der Waals surface area contributed by atoms with Crippen molar-refractivity contribution in [1.29, 1.82) is 0 Å². The first kappa shape index (κ1) is 19.9. The number of benzene rings is 2. The Balaban J connectivity index is 1.36. The smallest absolute Gasteiger partial charge is 0.257 e. The fourth-order valence-electron chi connectivity index (χ4n) is 3.41. The topological polar surface area (TPSA) is 65.5 Å². The number of anilines is 2. The van der Waals surface area contributed by atoms with Gasteiger partial charge >= 0.3 is 0 Å². The fraction of sp³-hybridized carbons (Fsp3) is 0.273. The largest absolute Gasteiger partial charge is 0.393 e. The van der Waals surface area contributed by atoms with Crippen molar-refractivity contribution in [3.05, 3.63) is 75.8 Å². The SMILES string of the molecule is O=C(Nc1ncc(Cc2cccc(Cl)c2)s1)c1ccc(N2CCC(O)CC2)cc1. The molecule has 0 saturated carbocycles. The van der Waals surface area contributed by atoms with E-state index >= 15 is 0 Å². The summed E-state index contributed by atoms with van der Waals surface area (Å²) in [6.07, 6.45) is 3.88. The van der Waals surface area contributed by atoms with Crippen LogP contribution in [0.4, 0.5) is 10.8 Å². The number of hydrogen-bond donors (Lipinski definition) is 2. The number of amides is 1. The van der Waals surface area contributed by atoms with E-state index in [9.17, 15) is 9.90 Å². The molecule has 2 heterocycles. The maximum Gasteiger partial charge on any atom is 0.257 e. The maximum atomic E-state index is 12.5. The zero-order chi connectivity index (χ0) is 20.2. The fourth-order valence-corrected chi connectivity index (χ4v) is 4.47. The number of thiazole rings is 1. The van der Waals surface area contributed by atoms with Gasteiger partial charge in [-0.15, -0.1) is 11.3 Å². The van der Waals surface area contributed by atoms with Gasteiger partial charge in [0.2, 0.25) is 0 Å². The standard InChI is InChI=1S/C22H22ClN3O2S/c23-17-3-1-2-15(12-17)13-20-14-24-22(29-20)25-21(28)16-4-6-18(7-5-16)26-10-8-19(27)9-11-26/h1-7,12,14,19,27H,8-11,13H2,(H,24,25,28). The summed E-state index contributed by atoms with van der Waals surface area (Å²) in [6.45, 7) is 1.67. The summed E-state index contributed by atoms with van der Waals surface area (Å²) in [5.74, 6) is -0.172. The van der Waals surface area contributed by atoms with Gasteiger partial charge in [-0.05, 0) is 54.8 Å². The van der Waals surface area contributed by atoms with Crippen LogP contribution in [0.25, 0.3) is 0 Å². The van der Waals surface area contributed by atoms with Crippen LogP contribution in [0.2, 0.25) is 5.02 Å². The van der Waals surface area contributed by atoms with Crippen molar-refractivity contribution >= 4 is 39.7 Å². The number of halogens is 1. The highest BCUT2D eigenvalue weighted by Crippen LogP contribution is 2.24. The van der Waals surface area contributed by atoms with Crippen molar-refractivity contribution < 1.29 is 9.90 Å². The minimum atomic E-state index is -0.196. The molecule has 29 heavy (non-hydrogen) atoms. The van der Waals surface area contributed by atoms with Gasteiger partial charge in [-0.25, -0.2) is 4.98 Å². The third-order valence-electron chi connectivity index (χ3n) is 5.00. The summed E-state index contributed by atoms with van der Waals surface area (Å²) >= 11 is 7.50. The Bertz CT molecular complexity index is 982. The van der Waals surface area contributed by atoms with E-state index < -0.39 is 0 Å². The third kappa shape index (κ3) is 5.15. The number of nitrogens with zero attached hydrogens (tertiary/aromatic N) is 2. The summed E-state index contributed by atoms with van der Waals surface area (Å²) < 4.78 is 0. The van der Waals surface area contributed by atoms with Gasteiger partial charge in [-0.1, -0.05) is 23.7 Å². The lowest BCUT2D eigenvalue weighted by atomic mass is 10.1. The summed E-state index contributed by atoms with van der Waals surface area (Å²) in [5.41, 5.74) is 2.78. The molecule has 1 aliphatic heterocycles. The number of aliphatic hydroxyl groups is 1. The summed E-state index contributed by atoms with van der Waals surface area (Å²) in [6, 6.07) is 15.3. The number of nitrogens with one attached hydrogen (secondary N) is 1.